The lowest BCUT2D eigenvalue weighted by atomic mass is 9.89. The molecule has 1 saturated heterocycles. The molecule has 1 fully saturated rings. The number of H-pyrrole nitrogens is 1. The van der Waals surface area contributed by atoms with E-state index in [0.29, 0.717) is 11.5 Å². The molecule has 1 aliphatic heterocycles. The first-order chi connectivity index (χ1) is 16.5. The molecule has 2 heterocycles. The summed E-state index contributed by atoms with van der Waals surface area (Å²) in [6.07, 6.45) is 3.21. The number of fused-ring (bicyclic) bond motifs is 1. The number of nitrogens with two attached hydrogens (primary N) is 1. The fourth-order valence-corrected chi connectivity index (χ4v) is 4.65. The van der Waals surface area contributed by atoms with Gasteiger partial charge in [0.15, 0.2) is 0 Å². The third kappa shape index (κ3) is 5.08. The molecule has 2 atom stereocenters. The molecule has 4 N–H and O–H groups in total. The summed E-state index contributed by atoms with van der Waals surface area (Å²) < 4.78 is 6.53. The molecule has 5 rings (SSSR count). The molecule has 174 valence electrons. The number of hydrogen-bond acceptors (Lipinski definition) is 4. The van der Waals surface area contributed by atoms with Crippen LogP contribution in [0, 0.1) is 5.92 Å². The number of carbonyl (C=O) groups is 1. The fraction of sp³-hybridized carbons (Fsp3) is 0.259. The minimum Gasteiger partial charge on any atom is -0.490 e. The van der Waals surface area contributed by atoms with Crippen molar-refractivity contribution in [1.29, 1.82) is 0 Å². The number of hydrogen-bond donors (Lipinski definition) is 3. The molecule has 3 aromatic carbocycles. The third-order valence-corrected chi connectivity index (χ3v) is 6.64. The molecule has 4 aromatic rings. The molecule has 1 aliphatic rings. The molecular formula is C27H27ClN4O2. The zero-order chi connectivity index (χ0) is 23.5. The SMILES string of the molecule is NC(=O)c1ccc2nc(-c3ccc(OC(Cc4ccc(Cl)cc4)C4CCCNC4)cc3)[nH]c2c1. The van der Waals surface area contributed by atoms with E-state index in [0.717, 1.165) is 65.5 Å². The van der Waals surface area contributed by atoms with Crippen molar-refractivity contribution in [2.75, 3.05) is 13.1 Å². The number of carbonyl (C=O) groups excluding carboxylic acids is 1. The quantitative estimate of drug-likeness (QED) is 0.352. The van der Waals surface area contributed by atoms with Gasteiger partial charge in [0.2, 0.25) is 5.91 Å². The van der Waals surface area contributed by atoms with Gasteiger partial charge in [-0.25, -0.2) is 4.98 Å². The zero-order valence-corrected chi connectivity index (χ0v) is 19.5. The summed E-state index contributed by atoms with van der Waals surface area (Å²) in [4.78, 5) is 19.4. The zero-order valence-electron chi connectivity index (χ0n) is 18.8. The largest absolute Gasteiger partial charge is 0.490 e. The Morgan fingerprint density at radius 3 is 2.62 bits per heavy atom. The summed E-state index contributed by atoms with van der Waals surface area (Å²) in [6.45, 7) is 2.03. The van der Waals surface area contributed by atoms with Crippen molar-refractivity contribution < 1.29 is 9.53 Å². The summed E-state index contributed by atoms with van der Waals surface area (Å²) in [6, 6.07) is 21.2. The molecule has 0 aliphatic carbocycles. The summed E-state index contributed by atoms with van der Waals surface area (Å²) in [5, 5.41) is 4.25. The maximum absolute atomic E-state index is 11.5. The molecule has 0 radical (unpaired) electrons. The summed E-state index contributed by atoms with van der Waals surface area (Å²) in [5.74, 6) is 1.55. The monoisotopic (exact) mass is 474 g/mol. The number of halogens is 1. The molecular weight excluding hydrogens is 448 g/mol. The number of ether oxygens (including phenoxy) is 1. The van der Waals surface area contributed by atoms with Crippen molar-refractivity contribution in [3.8, 4) is 17.1 Å². The maximum Gasteiger partial charge on any atom is 0.248 e. The van der Waals surface area contributed by atoms with E-state index >= 15 is 0 Å². The molecule has 0 spiro atoms. The number of primary amides is 1. The van der Waals surface area contributed by atoms with Gasteiger partial charge in [0.25, 0.3) is 0 Å². The highest BCUT2D eigenvalue weighted by Crippen LogP contribution is 2.27. The van der Waals surface area contributed by atoms with Crippen molar-refractivity contribution in [3.63, 3.8) is 0 Å². The Labute approximate surface area is 203 Å². The van der Waals surface area contributed by atoms with Crippen molar-refractivity contribution in [1.82, 2.24) is 15.3 Å². The van der Waals surface area contributed by atoms with Gasteiger partial charge in [0, 0.05) is 35.0 Å². The number of nitrogens with one attached hydrogen (secondary N) is 2. The Morgan fingerprint density at radius 2 is 1.91 bits per heavy atom. The van der Waals surface area contributed by atoms with Crippen LogP contribution in [0.2, 0.25) is 5.02 Å². The predicted molar refractivity (Wildman–Crippen MR) is 135 cm³/mol. The number of rotatable bonds is 7. The van der Waals surface area contributed by atoms with E-state index in [1.54, 1.807) is 18.2 Å². The van der Waals surface area contributed by atoms with Crippen LogP contribution in [0.15, 0.2) is 66.7 Å². The van der Waals surface area contributed by atoms with Crippen molar-refractivity contribution in [2.24, 2.45) is 11.7 Å². The second-order valence-electron chi connectivity index (χ2n) is 8.80. The lowest BCUT2D eigenvalue weighted by Gasteiger charge is -2.31. The molecule has 7 heteroatoms. The third-order valence-electron chi connectivity index (χ3n) is 6.39. The van der Waals surface area contributed by atoms with Gasteiger partial charge in [0.05, 0.1) is 11.0 Å². The predicted octanol–water partition coefficient (Wildman–Crippen LogP) is 4.97. The van der Waals surface area contributed by atoms with E-state index in [9.17, 15) is 4.79 Å². The molecule has 6 nitrogen and oxygen atoms in total. The van der Waals surface area contributed by atoms with Crippen LogP contribution in [-0.2, 0) is 6.42 Å². The first kappa shape index (κ1) is 22.4. The Balaban J connectivity index is 1.34. The van der Waals surface area contributed by atoms with Crippen LogP contribution in [-0.4, -0.2) is 35.1 Å². The number of nitrogens with zero attached hydrogens (tertiary/aromatic N) is 1. The molecule has 1 amide bonds. The Morgan fingerprint density at radius 1 is 1.12 bits per heavy atom. The summed E-state index contributed by atoms with van der Waals surface area (Å²) in [5.41, 5.74) is 9.57. The van der Waals surface area contributed by atoms with Crippen molar-refractivity contribution >= 4 is 28.5 Å². The fourth-order valence-electron chi connectivity index (χ4n) is 4.52. The Hall–Kier alpha value is -3.35. The van der Waals surface area contributed by atoms with Crippen LogP contribution >= 0.6 is 11.6 Å². The minimum atomic E-state index is -0.458. The first-order valence-electron chi connectivity index (χ1n) is 11.6. The highest BCUT2D eigenvalue weighted by atomic mass is 35.5. The van der Waals surface area contributed by atoms with Crippen LogP contribution < -0.4 is 15.8 Å². The van der Waals surface area contributed by atoms with E-state index in [-0.39, 0.29) is 6.10 Å². The Bertz CT molecular complexity index is 1280. The lowest BCUT2D eigenvalue weighted by molar-refractivity contribution is 0.100. The van der Waals surface area contributed by atoms with Crippen LogP contribution in [0.5, 0.6) is 5.75 Å². The van der Waals surface area contributed by atoms with Gasteiger partial charge >= 0.3 is 0 Å². The van der Waals surface area contributed by atoms with Gasteiger partial charge in [-0.3, -0.25) is 4.79 Å². The minimum absolute atomic E-state index is 0.0678. The average Bonchev–Trinajstić information content (AvgIpc) is 3.29. The highest BCUT2D eigenvalue weighted by molar-refractivity contribution is 6.30. The summed E-state index contributed by atoms with van der Waals surface area (Å²) >= 11 is 6.07. The molecule has 0 saturated carbocycles. The highest BCUT2D eigenvalue weighted by Gasteiger charge is 2.25. The van der Waals surface area contributed by atoms with Gasteiger partial charge in [0.1, 0.15) is 17.7 Å². The van der Waals surface area contributed by atoms with E-state index in [2.05, 4.69) is 27.4 Å². The van der Waals surface area contributed by atoms with Gasteiger partial charge in [-0.15, -0.1) is 0 Å². The Kier molecular flexibility index (Phi) is 6.52. The van der Waals surface area contributed by atoms with Crippen LogP contribution in [0.3, 0.4) is 0 Å². The van der Waals surface area contributed by atoms with E-state index in [4.69, 9.17) is 22.1 Å². The van der Waals surface area contributed by atoms with Gasteiger partial charge in [-0.05, 0) is 79.5 Å². The van der Waals surface area contributed by atoms with Gasteiger partial charge in [-0.2, -0.15) is 0 Å². The van der Waals surface area contributed by atoms with Crippen LogP contribution in [0.25, 0.3) is 22.4 Å². The number of amides is 1. The molecule has 1 aromatic heterocycles. The van der Waals surface area contributed by atoms with Crippen LogP contribution in [0.4, 0.5) is 0 Å². The van der Waals surface area contributed by atoms with Crippen molar-refractivity contribution in [3.05, 3.63) is 82.9 Å². The number of imidazole rings is 1. The maximum atomic E-state index is 11.5. The van der Waals surface area contributed by atoms with Crippen LogP contribution in [0.1, 0.15) is 28.8 Å². The molecule has 2 unspecified atom stereocenters. The molecule has 0 bridgehead atoms. The standard InChI is InChI=1S/C27H27ClN4O2/c28-21-8-3-17(4-9-21)14-25(20-2-1-13-30-16-20)34-22-10-5-18(6-11-22)27-31-23-12-7-19(26(29)33)15-24(23)32-27/h3-12,15,20,25,30H,1-2,13-14,16H2,(H2,29,33)(H,31,32). The number of aromatic amines is 1. The topological polar surface area (TPSA) is 93.0 Å². The first-order valence-corrected chi connectivity index (χ1v) is 11.9. The average molecular weight is 475 g/mol. The normalized spacial score (nSPS) is 16.9. The van der Waals surface area contributed by atoms with E-state index < -0.39 is 5.91 Å². The van der Waals surface area contributed by atoms with Crippen molar-refractivity contribution in [2.45, 2.75) is 25.4 Å². The number of benzene rings is 3. The van der Waals surface area contributed by atoms with Gasteiger partial charge in [-0.1, -0.05) is 23.7 Å². The molecule has 34 heavy (non-hydrogen) atoms. The second kappa shape index (κ2) is 9.87. The number of aromatic nitrogens is 2. The van der Waals surface area contributed by atoms with Gasteiger partial charge < -0.3 is 20.8 Å². The summed E-state index contributed by atoms with van der Waals surface area (Å²) in [7, 11) is 0. The number of piperidine rings is 1. The van der Waals surface area contributed by atoms with E-state index in [1.165, 1.54) is 5.56 Å². The second-order valence-corrected chi connectivity index (χ2v) is 9.24. The lowest BCUT2D eigenvalue weighted by Crippen LogP contribution is -2.40. The van der Waals surface area contributed by atoms with E-state index in [1.807, 2.05) is 36.4 Å². The smallest absolute Gasteiger partial charge is 0.248 e.